The van der Waals surface area contributed by atoms with Gasteiger partial charge in [-0.15, -0.1) is 0 Å². The third-order valence-electron chi connectivity index (χ3n) is 10.9. The van der Waals surface area contributed by atoms with Gasteiger partial charge in [0, 0.05) is 12.8 Å². The minimum Gasteiger partial charge on any atom is -0.480 e. The Hall–Kier alpha value is -2.30. The minimum absolute atomic E-state index is 0.159. The summed E-state index contributed by atoms with van der Waals surface area (Å²) in [6.45, 7) is 2.80. The fourth-order valence-corrected chi connectivity index (χ4v) is 7.69. The average Bonchev–Trinajstić information content (AvgIpc) is 3.25. The SMILES string of the molecule is CCCCC/C=C\C/C=C\CCCCCCCCCCCC(=O)OC[C@H](COP(=O)(O)OC[C@H](N)C(=O)O)OC(=O)CCCCCCCCCCC/C=C\CCCCCCCC. The molecule has 0 aromatic heterocycles. The van der Waals surface area contributed by atoms with E-state index in [9.17, 15) is 23.8 Å². The lowest BCUT2D eigenvalue weighted by Gasteiger charge is -2.20. The highest BCUT2D eigenvalue weighted by atomic mass is 31.2. The Morgan fingerprint density at radius 3 is 1.31 bits per heavy atom. The summed E-state index contributed by atoms with van der Waals surface area (Å²) in [5.74, 6) is -2.38. The summed E-state index contributed by atoms with van der Waals surface area (Å²) in [4.78, 5) is 46.2. The van der Waals surface area contributed by atoms with Crippen molar-refractivity contribution in [2.24, 2.45) is 5.73 Å². The standard InChI is InChI=1S/C50H92NO10P/c1-3-5-7-9-11-13-15-17-19-21-23-25-27-29-31-33-35-37-39-41-48(52)58-43-46(44-59-62(56,57)60-45-47(51)50(54)55)61-49(53)42-40-38-36-34-32-30-28-26-24-22-20-18-16-14-12-10-8-6-4-2/h11,13,17-20,46-47H,3-10,12,14-16,21-45,51H2,1-2H3,(H,54,55)(H,56,57)/b13-11-,19-17-,20-18-/t46-,47+/m1/s1. The van der Waals surface area contributed by atoms with E-state index in [1.165, 1.54) is 141 Å². The summed E-state index contributed by atoms with van der Waals surface area (Å²) in [6, 6.07) is -1.52. The maximum atomic E-state index is 12.7. The fraction of sp³-hybridized carbons (Fsp3) is 0.820. The second-order valence-electron chi connectivity index (χ2n) is 16.9. The number of nitrogens with two attached hydrogens (primary N) is 1. The third-order valence-corrected chi connectivity index (χ3v) is 11.8. The molecule has 11 nitrogen and oxygen atoms in total. The summed E-state index contributed by atoms with van der Waals surface area (Å²) < 4.78 is 32.8. The van der Waals surface area contributed by atoms with Crippen molar-refractivity contribution in [2.45, 2.75) is 244 Å². The van der Waals surface area contributed by atoms with E-state index in [1.54, 1.807) is 0 Å². The second-order valence-corrected chi connectivity index (χ2v) is 18.4. The van der Waals surface area contributed by atoms with Crippen molar-refractivity contribution >= 4 is 25.7 Å². The molecule has 0 fully saturated rings. The summed E-state index contributed by atoms with van der Waals surface area (Å²) in [5.41, 5.74) is 5.35. The van der Waals surface area contributed by atoms with Gasteiger partial charge in [-0.3, -0.25) is 23.4 Å². The molecule has 0 radical (unpaired) electrons. The first kappa shape index (κ1) is 59.7. The van der Waals surface area contributed by atoms with Crippen LogP contribution in [0.4, 0.5) is 0 Å². The molecule has 0 aliphatic rings. The van der Waals surface area contributed by atoms with Crippen LogP contribution in [0.1, 0.15) is 232 Å². The van der Waals surface area contributed by atoms with E-state index >= 15 is 0 Å². The van der Waals surface area contributed by atoms with Crippen molar-refractivity contribution in [3.8, 4) is 0 Å². The fourth-order valence-electron chi connectivity index (χ4n) is 6.91. The lowest BCUT2D eigenvalue weighted by atomic mass is 10.1. The highest BCUT2D eigenvalue weighted by molar-refractivity contribution is 7.47. The quantitative estimate of drug-likeness (QED) is 0.0230. The number of carbonyl (C=O) groups excluding carboxylic acids is 2. The normalized spacial score (nSPS) is 13.9. The Labute approximate surface area is 378 Å². The van der Waals surface area contributed by atoms with Crippen LogP contribution in [0.2, 0.25) is 0 Å². The zero-order valence-corrected chi connectivity index (χ0v) is 40.4. The third kappa shape index (κ3) is 44.3. The first-order valence-electron chi connectivity index (χ1n) is 25.0. The highest BCUT2D eigenvalue weighted by Gasteiger charge is 2.28. The van der Waals surface area contributed by atoms with Crippen molar-refractivity contribution in [1.29, 1.82) is 0 Å². The van der Waals surface area contributed by atoms with E-state index in [1.807, 2.05) is 0 Å². The number of aliphatic carboxylic acids is 1. The first-order valence-corrected chi connectivity index (χ1v) is 26.5. The number of carbonyl (C=O) groups is 3. The number of carboxylic acids is 1. The molecule has 362 valence electrons. The molecule has 0 aliphatic heterocycles. The Balaban J connectivity index is 4.26. The Kier molecular flexibility index (Phi) is 43.6. The number of esters is 2. The molecule has 0 aliphatic carbocycles. The van der Waals surface area contributed by atoms with Gasteiger partial charge < -0.3 is 25.2 Å². The number of phosphoric acid groups is 1. The predicted octanol–water partition coefficient (Wildman–Crippen LogP) is 14.0. The molecule has 0 bridgehead atoms. The number of hydrogen-bond donors (Lipinski definition) is 3. The number of carboxylic acid groups (broad SMARTS) is 1. The van der Waals surface area contributed by atoms with Crippen LogP contribution >= 0.6 is 7.82 Å². The van der Waals surface area contributed by atoms with Crippen LogP contribution in [0.3, 0.4) is 0 Å². The maximum Gasteiger partial charge on any atom is 0.472 e. The predicted molar refractivity (Wildman–Crippen MR) is 254 cm³/mol. The molecule has 12 heteroatoms. The summed E-state index contributed by atoms with van der Waals surface area (Å²) in [6.07, 6.45) is 50.5. The van der Waals surface area contributed by atoms with Gasteiger partial charge in [-0.05, 0) is 70.6 Å². The molecule has 1 unspecified atom stereocenters. The molecule has 0 rings (SSSR count). The van der Waals surface area contributed by atoms with Crippen LogP contribution in [-0.4, -0.2) is 59.9 Å². The van der Waals surface area contributed by atoms with E-state index < -0.39 is 51.1 Å². The van der Waals surface area contributed by atoms with Crippen LogP contribution in [0, 0.1) is 0 Å². The summed E-state index contributed by atoms with van der Waals surface area (Å²) in [5, 5.41) is 8.92. The number of hydrogen-bond acceptors (Lipinski definition) is 9. The molecule has 4 N–H and O–H groups in total. The Morgan fingerprint density at radius 1 is 0.500 bits per heavy atom. The van der Waals surface area contributed by atoms with Gasteiger partial charge in [0.05, 0.1) is 13.2 Å². The smallest absolute Gasteiger partial charge is 0.472 e. The molecule has 0 spiro atoms. The van der Waals surface area contributed by atoms with Crippen molar-refractivity contribution < 1.29 is 47.5 Å². The highest BCUT2D eigenvalue weighted by Crippen LogP contribution is 2.43. The van der Waals surface area contributed by atoms with Crippen LogP contribution in [0.15, 0.2) is 36.5 Å². The monoisotopic (exact) mass is 898 g/mol. The van der Waals surface area contributed by atoms with Crippen LogP contribution in [0.25, 0.3) is 0 Å². The summed E-state index contributed by atoms with van der Waals surface area (Å²) in [7, 11) is -4.72. The molecule has 0 amide bonds. The molecular weight excluding hydrogens is 806 g/mol. The van der Waals surface area contributed by atoms with E-state index in [0.717, 1.165) is 51.4 Å². The van der Waals surface area contributed by atoms with E-state index in [2.05, 4.69) is 54.8 Å². The van der Waals surface area contributed by atoms with Gasteiger partial charge in [0.1, 0.15) is 12.6 Å². The topological polar surface area (TPSA) is 172 Å². The lowest BCUT2D eigenvalue weighted by Crippen LogP contribution is -2.34. The van der Waals surface area contributed by atoms with Crippen LogP contribution < -0.4 is 5.73 Å². The van der Waals surface area contributed by atoms with E-state index in [0.29, 0.717) is 12.8 Å². The first-order chi connectivity index (χ1) is 30.1. The number of allylic oxidation sites excluding steroid dienone is 6. The molecule has 62 heavy (non-hydrogen) atoms. The molecule has 0 saturated heterocycles. The van der Waals surface area contributed by atoms with E-state index in [4.69, 9.17) is 24.8 Å². The number of phosphoric ester groups is 1. The minimum atomic E-state index is -4.72. The average molecular weight is 898 g/mol. The second kappa shape index (κ2) is 45.3. The van der Waals surface area contributed by atoms with Gasteiger partial charge in [0.25, 0.3) is 0 Å². The van der Waals surface area contributed by atoms with E-state index in [-0.39, 0.29) is 19.4 Å². The lowest BCUT2D eigenvalue weighted by molar-refractivity contribution is -0.161. The molecule has 3 atom stereocenters. The zero-order chi connectivity index (χ0) is 45.6. The molecule has 0 saturated carbocycles. The van der Waals surface area contributed by atoms with Crippen molar-refractivity contribution in [2.75, 3.05) is 19.8 Å². The van der Waals surface area contributed by atoms with Gasteiger partial charge in [0.2, 0.25) is 0 Å². The molecule has 0 aromatic rings. The molecular formula is C50H92NO10P. The van der Waals surface area contributed by atoms with Crippen LogP contribution in [-0.2, 0) is 37.5 Å². The Bertz CT molecular complexity index is 1190. The number of unbranched alkanes of at least 4 members (excludes halogenated alkanes) is 27. The zero-order valence-electron chi connectivity index (χ0n) is 39.5. The van der Waals surface area contributed by atoms with Crippen molar-refractivity contribution in [3.63, 3.8) is 0 Å². The van der Waals surface area contributed by atoms with Crippen LogP contribution in [0.5, 0.6) is 0 Å². The Morgan fingerprint density at radius 2 is 0.855 bits per heavy atom. The van der Waals surface area contributed by atoms with Crippen molar-refractivity contribution in [3.05, 3.63) is 36.5 Å². The van der Waals surface area contributed by atoms with Crippen molar-refractivity contribution in [1.82, 2.24) is 0 Å². The largest absolute Gasteiger partial charge is 0.480 e. The van der Waals surface area contributed by atoms with Gasteiger partial charge >= 0.3 is 25.7 Å². The van der Waals surface area contributed by atoms with Gasteiger partial charge in [0.15, 0.2) is 6.10 Å². The molecule has 0 aromatic carbocycles. The van der Waals surface area contributed by atoms with Gasteiger partial charge in [-0.1, -0.05) is 185 Å². The summed E-state index contributed by atoms with van der Waals surface area (Å²) >= 11 is 0. The van der Waals surface area contributed by atoms with Gasteiger partial charge in [-0.2, -0.15) is 0 Å². The maximum absolute atomic E-state index is 12.7. The number of ether oxygens (including phenoxy) is 2. The molecule has 0 heterocycles. The van der Waals surface area contributed by atoms with Gasteiger partial charge in [-0.25, -0.2) is 4.57 Å². The number of rotatable bonds is 47.